The fourth-order valence-corrected chi connectivity index (χ4v) is 2.25. The summed E-state index contributed by atoms with van der Waals surface area (Å²) in [7, 11) is 0. The predicted molar refractivity (Wildman–Crippen MR) is 110 cm³/mol. The van der Waals surface area contributed by atoms with Gasteiger partial charge in [-0.1, -0.05) is 75.6 Å². The van der Waals surface area contributed by atoms with E-state index in [-0.39, 0.29) is 25.8 Å². The van der Waals surface area contributed by atoms with E-state index < -0.39 is 0 Å². The molecule has 134 valence electrons. The first kappa shape index (κ1) is 23.9. The van der Waals surface area contributed by atoms with Crippen molar-refractivity contribution in [2.24, 2.45) is 0 Å². The summed E-state index contributed by atoms with van der Waals surface area (Å²) in [6.45, 7) is 13.6. The predicted octanol–water partition coefficient (Wildman–Crippen LogP) is 7.77. The van der Waals surface area contributed by atoms with Crippen LogP contribution in [0.5, 0.6) is 0 Å². The van der Waals surface area contributed by atoms with E-state index >= 15 is 0 Å². The Kier molecular flexibility index (Phi) is 13.5. The number of aryl methyl sites for hydroxylation is 1. The molecule has 3 aromatic rings. The largest absolute Gasteiger partial charge is 0.343 e. The van der Waals surface area contributed by atoms with Crippen LogP contribution in [0.1, 0.15) is 45.1 Å². The summed E-state index contributed by atoms with van der Waals surface area (Å²) in [6.07, 6.45) is 4.56. The summed E-state index contributed by atoms with van der Waals surface area (Å²) >= 11 is 0. The van der Waals surface area contributed by atoms with Crippen LogP contribution in [-0.4, -0.2) is 0 Å². The van der Waals surface area contributed by atoms with Crippen LogP contribution in [0.25, 0.3) is 21.9 Å². The maximum absolute atomic E-state index is 3.60. The molecular weight excluding hydrogens is 467 g/mol. The fraction of sp³-hybridized carbons (Fsp3) is 0.292. The van der Waals surface area contributed by atoms with E-state index in [4.69, 9.17) is 0 Å². The van der Waals surface area contributed by atoms with Crippen molar-refractivity contribution in [1.29, 1.82) is 0 Å². The molecule has 0 nitrogen and oxygen atoms in total. The Balaban J connectivity index is 0.000000549. The Labute approximate surface area is 173 Å². The van der Waals surface area contributed by atoms with Crippen molar-refractivity contribution < 1.29 is 25.8 Å². The molecule has 0 heterocycles. The van der Waals surface area contributed by atoms with E-state index in [1.165, 1.54) is 40.3 Å². The number of rotatable bonds is 3. The quantitative estimate of drug-likeness (QED) is 0.256. The van der Waals surface area contributed by atoms with Gasteiger partial charge in [-0.15, -0.1) is 34.5 Å². The first-order chi connectivity index (χ1) is 11.7. The second-order valence-electron chi connectivity index (χ2n) is 5.91. The Morgan fingerprint density at radius 3 is 1.92 bits per heavy atom. The van der Waals surface area contributed by atoms with Gasteiger partial charge in [0.1, 0.15) is 0 Å². The van der Waals surface area contributed by atoms with Gasteiger partial charge in [0, 0.05) is 25.8 Å². The van der Waals surface area contributed by atoms with Crippen LogP contribution in [0.15, 0.2) is 60.7 Å². The molecule has 3 aromatic carbocycles. The van der Waals surface area contributed by atoms with Gasteiger partial charge in [-0.2, -0.15) is 18.9 Å². The van der Waals surface area contributed by atoms with E-state index in [1.807, 2.05) is 0 Å². The van der Waals surface area contributed by atoms with Crippen molar-refractivity contribution in [3.8, 4) is 11.1 Å². The van der Waals surface area contributed by atoms with Gasteiger partial charge in [0.05, 0.1) is 0 Å². The van der Waals surface area contributed by atoms with Crippen molar-refractivity contribution in [3.05, 3.63) is 80.1 Å². The Hall–Kier alpha value is -1.08. The molecule has 0 radical (unpaired) electrons. The summed E-state index contributed by atoms with van der Waals surface area (Å²) in [5.74, 6) is 0. The topological polar surface area (TPSA) is 0 Å². The van der Waals surface area contributed by atoms with Crippen LogP contribution >= 0.6 is 0 Å². The molecule has 25 heavy (non-hydrogen) atoms. The molecule has 0 amide bonds. The summed E-state index contributed by atoms with van der Waals surface area (Å²) in [6, 6.07) is 21.6. The third kappa shape index (κ3) is 8.23. The minimum atomic E-state index is 0. The molecule has 0 aliphatic carbocycles. The van der Waals surface area contributed by atoms with Crippen molar-refractivity contribution >= 4 is 10.8 Å². The van der Waals surface area contributed by atoms with Crippen LogP contribution in [0.4, 0.5) is 0 Å². The molecule has 0 atom stereocenters. The SMILES string of the molecule is Cc1cc2c(-c3ccccc3)cccc2[cH-]1.[CH2-]CCC.[CH2-]CCC.[Hf]. The van der Waals surface area contributed by atoms with Gasteiger partial charge in [0.2, 0.25) is 0 Å². The molecule has 0 fully saturated rings. The van der Waals surface area contributed by atoms with Crippen LogP contribution in [0.3, 0.4) is 0 Å². The Morgan fingerprint density at radius 2 is 1.40 bits per heavy atom. The minimum Gasteiger partial charge on any atom is -0.343 e. The van der Waals surface area contributed by atoms with Gasteiger partial charge < -0.3 is 13.8 Å². The second-order valence-corrected chi connectivity index (χ2v) is 5.91. The fourth-order valence-electron chi connectivity index (χ4n) is 2.25. The summed E-state index contributed by atoms with van der Waals surface area (Å²) in [5, 5.41) is 2.69. The first-order valence-corrected chi connectivity index (χ1v) is 8.97. The van der Waals surface area contributed by atoms with Crippen LogP contribution in [-0.2, 0) is 25.8 Å². The molecule has 0 unspecified atom stereocenters. The number of unbranched alkanes of at least 4 members (excludes halogenated alkanes) is 2. The first-order valence-electron chi connectivity index (χ1n) is 8.97. The van der Waals surface area contributed by atoms with Crippen LogP contribution in [0.2, 0.25) is 0 Å². The Bertz CT molecular complexity index is 672. The number of benzene rings is 2. The van der Waals surface area contributed by atoms with Gasteiger partial charge in [-0.3, -0.25) is 0 Å². The average molecular weight is 498 g/mol. The molecule has 1 heteroatoms. The van der Waals surface area contributed by atoms with Gasteiger partial charge in [-0.05, 0) is 5.56 Å². The van der Waals surface area contributed by atoms with Gasteiger partial charge in [0.25, 0.3) is 0 Å². The average Bonchev–Trinajstić information content (AvgIpc) is 3.03. The maximum Gasteiger partial charge on any atom is 0 e. The normalized spacial score (nSPS) is 9.32. The molecule has 0 bridgehead atoms. The summed E-state index contributed by atoms with van der Waals surface area (Å²) in [4.78, 5) is 0. The number of fused-ring (bicyclic) bond motifs is 1. The van der Waals surface area contributed by atoms with Gasteiger partial charge in [0.15, 0.2) is 0 Å². The second kappa shape index (κ2) is 14.1. The summed E-state index contributed by atoms with van der Waals surface area (Å²) < 4.78 is 0. The van der Waals surface area contributed by atoms with E-state index in [1.54, 1.807) is 0 Å². The molecule has 0 aliphatic heterocycles. The van der Waals surface area contributed by atoms with Crippen molar-refractivity contribution in [3.63, 3.8) is 0 Å². The molecule has 3 rings (SSSR count). The van der Waals surface area contributed by atoms with Gasteiger partial charge >= 0.3 is 0 Å². The molecule has 0 saturated carbocycles. The third-order valence-electron chi connectivity index (χ3n) is 3.69. The van der Waals surface area contributed by atoms with Crippen molar-refractivity contribution in [2.45, 2.75) is 46.5 Å². The molecular formula is C24H31Hf-3. The van der Waals surface area contributed by atoms with E-state index in [0.717, 1.165) is 12.8 Å². The zero-order valence-corrected chi connectivity index (χ0v) is 19.6. The maximum atomic E-state index is 3.60. The smallest absolute Gasteiger partial charge is 0 e. The Morgan fingerprint density at radius 1 is 0.840 bits per heavy atom. The standard InChI is InChI=1S/C16H13.2C4H9.Hf/c1-12-10-14-8-5-9-15(16(14)11-12)13-6-3-2-4-7-13;2*1-3-4-2;/h2-11H,1H3;2*1,3-4H2,2H3;/q3*-1;. The third-order valence-corrected chi connectivity index (χ3v) is 3.69. The van der Waals surface area contributed by atoms with E-state index in [0.29, 0.717) is 0 Å². The van der Waals surface area contributed by atoms with Crippen molar-refractivity contribution in [1.82, 2.24) is 0 Å². The van der Waals surface area contributed by atoms with Crippen LogP contribution < -0.4 is 0 Å². The van der Waals surface area contributed by atoms with Crippen molar-refractivity contribution in [2.75, 3.05) is 0 Å². The van der Waals surface area contributed by atoms with E-state index in [2.05, 4.69) is 95.3 Å². The molecule has 0 spiro atoms. The molecule has 0 aromatic heterocycles. The molecule has 0 N–H and O–H groups in total. The number of hydrogen-bond acceptors (Lipinski definition) is 0. The summed E-state index contributed by atoms with van der Waals surface area (Å²) in [5.41, 5.74) is 3.95. The zero-order chi connectivity index (χ0) is 17.8. The van der Waals surface area contributed by atoms with E-state index in [9.17, 15) is 0 Å². The van der Waals surface area contributed by atoms with Gasteiger partial charge in [-0.25, -0.2) is 0 Å². The monoisotopic (exact) mass is 499 g/mol. The number of hydrogen-bond donors (Lipinski definition) is 0. The zero-order valence-electron chi connectivity index (χ0n) is 16.0. The minimum absolute atomic E-state index is 0. The van der Waals surface area contributed by atoms with Crippen LogP contribution in [0, 0.1) is 20.8 Å². The molecule has 0 aliphatic rings. The molecule has 0 saturated heterocycles.